The van der Waals surface area contributed by atoms with Crippen molar-refractivity contribution in [2.75, 3.05) is 18.0 Å². The summed E-state index contributed by atoms with van der Waals surface area (Å²) in [6, 6.07) is 2.89. The summed E-state index contributed by atoms with van der Waals surface area (Å²) in [6.45, 7) is 2.97. The first kappa shape index (κ1) is 18.2. The molecule has 0 atom stereocenters. The SMILES string of the molecule is Cc1c(N2CCC(N)CC2)cc(C(=O)N=C(N)N)cc1S(N)(=O)=O. The van der Waals surface area contributed by atoms with Crippen LogP contribution in [0, 0.1) is 6.92 Å². The number of anilines is 1. The van der Waals surface area contributed by atoms with Gasteiger partial charge in [-0.05, 0) is 37.5 Å². The monoisotopic (exact) mass is 354 g/mol. The van der Waals surface area contributed by atoms with Crippen LogP contribution in [0.3, 0.4) is 0 Å². The van der Waals surface area contributed by atoms with Gasteiger partial charge in [0.2, 0.25) is 10.0 Å². The summed E-state index contributed by atoms with van der Waals surface area (Å²) in [5.41, 5.74) is 17.5. The molecule has 0 radical (unpaired) electrons. The van der Waals surface area contributed by atoms with E-state index in [1.54, 1.807) is 13.0 Å². The third-order valence-electron chi connectivity index (χ3n) is 4.00. The molecule has 0 unspecified atom stereocenters. The van der Waals surface area contributed by atoms with Crippen LogP contribution in [-0.4, -0.2) is 39.4 Å². The van der Waals surface area contributed by atoms with Crippen LogP contribution in [0.4, 0.5) is 5.69 Å². The van der Waals surface area contributed by atoms with Crippen molar-refractivity contribution in [1.82, 2.24) is 0 Å². The van der Waals surface area contributed by atoms with Gasteiger partial charge in [0.05, 0.1) is 4.90 Å². The zero-order chi connectivity index (χ0) is 18.1. The average molecular weight is 354 g/mol. The van der Waals surface area contributed by atoms with Crippen molar-refractivity contribution >= 4 is 27.6 Å². The van der Waals surface area contributed by atoms with Crippen LogP contribution in [0.2, 0.25) is 0 Å². The van der Waals surface area contributed by atoms with Crippen LogP contribution < -0.4 is 27.2 Å². The summed E-state index contributed by atoms with van der Waals surface area (Å²) in [4.78, 5) is 17.4. The fraction of sp³-hybridized carbons (Fsp3) is 0.429. The summed E-state index contributed by atoms with van der Waals surface area (Å²) in [7, 11) is -4.00. The highest BCUT2D eigenvalue weighted by Crippen LogP contribution is 2.30. The van der Waals surface area contributed by atoms with Gasteiger partial charge in [0.1, 0.15) is 0 Å². The molecule has 0 spiro atoms. The van der Waals surface area contributed by atoms with Crippen molar-refractivity contribution in [2.24, 2.45) is 27.3 Å². The first-order valence-corrected chi connectivity index (χ1v) is 8.96. The van der Waals surface area contributed by atoms with Crippen molar-refractivity contribution in [3.63, 3.8) is 0 Å². The Morgan fingerprint density at radius 3 is 2.33 bits per heavy atom. The number of amides is 1. The number of sulfonamides is 1. The molecule has 0 bridgehead atoms. The second-order valence-corrected chi connectivity index (χ2v) is 7.36. The maximum absolute atomic E-state index is 12.1. The van der Waals surface area contributed by atoms with Gasteiger partial charge < -0.3 is 22.1 Å². The molecular weight excluding hydrogens is 332 g/mol. The highest BCUT2D eigenvalue weighted by atomic mass is 32.2. The van der Waals surface area contributed by atoms with E-state index in [1.165, 1.54) is 6.07 Å². The molecule has 1 heterocycles. The molecule has 9 nitrogen and oxygen atoms in total. The van der Waals surface area contributed by atoms with E-state index in [9.17, 15) is 13.2 Å². The molecule has 0 saturated carbocycles. The normalized spacial score (nSPS) is 16.0. The molecule has 1 aliphatic rings. The number of nitrogens with zero attached hydrogens (tertiary/aromatic N) is 2. The third kappa shape index (κ3) is 4.02. The van der Waals surface area contributed by atoms with Crippen LogP contribution in [0.15, 0.2) is 22.0 Å². The number of carbonyl (C=O) groups is 1. The number of hydrogen-bond acceptors (Lipinski definition) is 5. The van der Waals surface area contributed by atoms with Gasteiger partial charge in [0, 0.05) is 30.4 Å². The lowest BCUT2D eigenvalue weighted by Crippen LogP contribution is -2.40. The Morgan fingerprint density at radius 1 is 1.25 bits per heavy atom. The van der Waals surface area contributed by atoms with E-state index in [-0.39, 0.29) is 16.5 Å². The lowest BCUT2D eigenvalue weighted by Gasteiger charge is -2.33. The van der Waals surface area contributed by atoms with Crippen molar-refractivity contribution in [3.05, 3.63) is 23.3 Å². The summed E-state index contributed by atoms with van der Waals surface area (Å²) in [5.74, 6) is -1.13. The minimum absolute atomic E-state index is 0.0582. The van der Waals surface area contributed by atoms with E-state index >= 15 is 0 Å². The first-order valence-electron chi connectivity index (χ1n) is 7.41. The van der Waals surface area contributed by atoms with Crippen LogP contribution in [0.5, 0.6) is 0 Å². The number of rotatable bonds is 3. The van der Waals surface area contributed by atoms with Crippen molar-refractivity contribution in [1.29, 1.82) is 0 Å². The number of aliphatic imine (C=N–C) groups is 1. The maximum Gasteiger partial charge on any atom is 0.280 e. The Bertz CT molecular complexity index is 778. The summed E-state index contributed by atoms with van der Waals surface area (Å²) in [6.07, 6.45) is 1.55. The lowest BCUT2D eigenvalue weighted by atomic mass is 10.0. The fourth-order valence-corrected chi connectivity index (χ4v) is 3.57. The summed E-state index contributed by atoms with van der Waals surface area (Å²) in [5, 5.41) is 5.29. The number of carbonyl (C=O) groups excluding carboxylic acids is 1. The van der Waals surface area contributed by atoms with Gasteiger partial charge in [-0.1, -0.05) is 0 Å². The molecule has 0 aromatic heterocycles. The smallest absolute Gasteiger partial charge is 0.280 e. The van der Waals surface area contributed by atoms with Gasteiger partial charge in [-0.3, -0.25) is 4.79 Å². The van der Waals surface area contributed by atoms with E-state index in [1.807, 2.05) is 4.90 Å². The molecule has 132 valence electrons. The van der Waals surface area contributed by atoms with E-state index in [0.717, 1.165) is 12.8 Å². The second-order valence-electron chi connectivity index (χ2n) is 5.83. The van der Waals surface area contributed by atoms with Crippen LogP contribution >= 0.6 is 0 Å². The average Bonchev–Trinajstić information content (AvgIpc) is 2.46. The fourth-order valence-electron chi connectivity index (χ4n) is 2.74. The highest BCUT2D eigenvalue weighted by molar-refractivity contribution is 7.89. The Labute approximate surface area is 140 Å². The number of primary sulfonamides is 1. The molecule has 1 aliphatic heterocycles. The number of piperidine rings is 1. The Hall–Kier alpha value is -2.17. The van der Waals surface area contributed by atoms with E-state index in [2.05, 4.69) is 4.99 Å². The number of hydrogen-bond donors (Lipinski definition) is 4. The van der Waals surface area contributed by atoms with Crippen molar-refractivity contribution in [3.8, 4) is 0 Å². The molecule has 1 saturated heterocycles. The Morgan fingerprint density at radius 2 is 1.83 bits per heavy atom. The predicted octanol–water partition coefficient (Wildman–Crippen LogP) is -1.02. The second kappa shape index (κ2) is 6.75. The Balaban J connectivity index is 2.57. The van der Waals surface area contributed by atoms with Gasteiger partial charge >= 0.3 is 0 Å². The lowest BCUT2D eigenvalue weighted by molar-refractivity contribution is 0.100. The van der Waals surface area contributed by atoms with E-state index in [4.69, 9.17) is 22.3 Å². The molecular formula is C14H22N6O3S. The molecule has 8 N–H and O–H groups in total. The summed E-state index contributed by atoms with van der Waals surface area (Å²) >= 11 is 0. The maximum atomic E-state index is 12.1. The number of benzene rings is 1. The van der Waals surface area contributed by atoms with E-state index in [0.29, 0.717) is 24.3 Å². The highest BCUT2D eigenvalue weighted by Gasteiger charge is 2.24. The molecule has 24 heavy (non-hydrogen) atoms. The molecule has 2 rings (SSSR count). The molecule has 1 aromatic carbocycles. The van der Waals surface area contributed by atoms with Gasteiger partial charge in [0.15, 0.2) is 5.96 Å². The zero-order valence-electron chi connectivity index (χ0n) is 13.4. The van der Waals surface area contributed by atoms with Crippen LogP contribution in [0.1, 0.15) is 28.8 Å². The molecule has 1 aromatic rings. The minimum atomic E-state index is -4.00. The van der Waals surface area contributed by atoms with Gasteiger partial charge in [-0.2, -0.15) is 4.99 Å². The van der Waals surface area contributed by atoms with Crippen LogP contribution in [-0.2, 0) is 10.0 Å². The van der Waals surface area contributed by atoms with Gasteiger partial charge in [0.25, 0.3) is 5.91 Å². The standard InChI is InChI=1S/C14H22N6O3S/c1-8-11(20-4-2-10(15)3-5-20)6-9(13(21)19-14(16)17)7-12(8)24(18,22)23/h6-7,10H,2-5,15H2,1H3,(H2,18,22,23)(H4,16,17,19,21). The largest absolute Gasteiger partial charge is 0.371 e. The van der Waals surface area contributed by atoms with Crippen LogP contribution in [0.25, 0.3) is 0 Å². The molecule has 1 fully saturated rings. The van der Waals surface area contributed by atoms with Crippen molar-refractivity contribution in [2.45, 2.75) is 30.7 Å². The quantitative estimate of drug-likeness (QED) is 0.397. The minimum Gasteiger partial charge on any atom is -0.371 e. The molecule has 10 heteroatoms. The number of nitrogens with two attached hydrogens (primary N) is 4. The predicted molar refractivity (Wildman–Crippen MR) is 92.1 cm³/mol. The topological polar surface area (TPSA) is 171 Å². The van der Waals surface area contributed by atoms with Crippen molar-refractivity contribution < 1.29 is 13.2 Å². The van der Waals surface area contributed by atoms with Gasteiger partial charge in [-0.15, -0.1) is 0 Å². The number of guanidine groups is 1. The zero-order valence-corrected chi connectivity index (χ0v) is 14.2. The molecule has 1 amide bonds. The summed E-state index contributed by atoms with van der Waals surface area (Å²) < 4.78 is 23.8. The molecule has 0 aliphatic carbocycles. The van der Waals surface area contributed by atoms with Gasteiger partial charge in [-0.25, -0.2) is 13.6 Å². The van der Waals surface area contributed by atoms with E-state index < -0.39 is 21.9 Å². The first-order chi connectivity index (χ1) is 11.1. The third-order valence-corrected chi connectivity index (χ3v) is 5.03. The Kier molecular flexibility index (Phi) is 5.11.